The summed E-state index contributed by atoms with van der Waals surface area (Å²) in [6, 6.07) is 0. The van der Waals surface area contributed by atoms with Crippen LogP contribution in [-0.4, -0.2) is 23.3 Å². The van der Waals surface area contributed by atoms with Gasteiger partial charge in [-0.25, -0.2) is 0 Å². The molecule has 0 saturated heterocycles. The Balaban J connectivity index is 1.91. The maximum absolute atomic E-state index is 5.46. The van der Waals surface area contributed by atoms with Crippen LogP contribution in [0.25, 0.3) is 0 Å². The van der Waals surface area contributed by atoms with Gasteiger partial charge >= 0.3 is 0 Å². The van der Waals surface area contributed by atoms with Crippen LogP contribution in [0.5, 0.6) is 0 Å². The number of hydrogen-bond donors (Lipinski definition) is 3. The summed E-state index contributed by atoms with van der Waals surface area (Å²) in [5.41, 5.74) is 9.51. The van der Waals surface area contributed by atoms with Gasteiger partial charge in [0.15, 0.2) is 0 Å². The highest BCUT2D eigenvalue weighted by Gasteiger charge is 2.14. The molecule has 1 heterocycles. The molecule has 0 unspecified atom stereocenters. The number of nitrogens with zero attached hydrogens (tertiary/aromatic N) is 1. The van der Waals surface area contributed by atoms with Crippen molar-refractivity contribution in [3.8, 4) is 0 Å². The van der Waals surface area contributed by atoms with Gasteiger partial charge in [0, 0.05) is 12.2 Å². The van der Waals surface area contributed by atoms with Crippen LogP contribution in [0, 0.1) is 0 Å². The van der Waals surface area contributed by atoms with Gasteiger partial charge in [-0.1, -0.05) is 6.42 Å². The number of aromatic nitrogens is 2. The number of hydrogen-bond acceptors (Lipinski definition) is 3. The van der Waals surface area contributed by atoms with E-state index in [0.717, 1.165) is 26.1 Å². The Hall–Kier alpha value is -0.870. The molecule has 4 nitrogen and oxygen atoms in total. The van der Waals surface area contributed by atoms with E-state index in [0.29, 0.717) is 0 Å². The Morgan fingerprint density at radius 1 is 1.25 bits per heavy atom. The van der Waals surface area contributed by atoms with E-state index in [9.17, 15) is 0 Å². The molecule has 1 aromatic heterocycles. The van der Waals surface area contributed by atoms with Crippen molar-refractivity contribution in [1.29, 1.82) is 0 Å². The summed E-state index contributed by atoms with van der Waals surface area (Å²) in [5.74, 6) is 0. The van der Waals surface area contributed by atoms with Gasteiger partial charge in [-0.3, -0.25) is 5.10 Å². The average Bonchev–Trinajstić information content (AvgIpc) is 2.54. The molecule has 16 heavy (non-hydrogen) atoms. The monoisotopic (exact) mass is 222 g/mol. The van der Waals surface area contributed by atoms with Crippen LogP contribution in [0.1, 0.15) is 42.6 Å². The lowest BCUT2D eigenvalue weighted by molar-refractivity contribution is 0.637. The first kappa shape index (κ1) is 11.6. The number of H-pyrrole nitrogens is 1. The number of aromatic amines is 1. The van der Waals surface area contributed by atoms with Crippen molar-refractivity contribution in [2.45, 2.75) is 45.1 Å². The molecule has 90 valence electrons. The van der Waals surface area contributed by atoms with Gasteiger partial charge in [-0.2, -0.15) is 5.10 Å². The lowest BCUT2D eigenvalue weighted by atomic mass is 10.1. The summed E-state index contributed by atoms with van der Waals surface area (Å²) < 4.78 is 0. The summed E-state index contributed by atoms with van der Waals surface area (Å²) in [6.45, 7) is 2.62. The highest BCUT2D eigenvalue weighted by molar-refractivity contribution is 5.26. The fraction of sp³-hybridized carbons (Fsp3) is 0.750. The molecule has 1 aliphatic carbocycles. The Kier molecular flexibility index (Phi) is 4.36. The Bertz CT molecular complexity index is 319. The Labute approximate surface area is 97.0 Å². The molecule has 0 radical (unpaired) electrons. The largest absolute Gasteiger partial charge is 0.330 e. The number of rotatable bonds is 5. The summed E-state index contributed by atoms with van der Waals surface area (Å²) in [4.78, 5) is 0. The van der Waals surface area contributed by atoms with Crippen molar-refractivity contribution >= 4 is 0 Å². The third kappa shape index (κ3) is 2.83. The molecular formula is C12H22N4. The molecule has 0 atom stereocenters. The second-order valence-corrected chi connectivity index (χ2v) is 4.51. The van der Waals surface area contributed by atoms with Crippen LogP contribution in [-0.2, 0) is 19.4 Å². The van der Waals surface area contributed by atoms with E-state index in [-0.39, 0.29) is 0 Å². The zero-order chi connectivity index (χ0) is 11.2. The van der Waals surface area contributed by atoms with E-state index in [1.165, 1.54) is 49.1 Å². The fourth-order valence-electron chi connectivity index (χ4n) is 2.31. The van der Waals surface area contributed by atoms with Crippen molar-refractivity contribution in [1.82, 2.24) is 15.5 Å². The van der Waals surface area contributed by atoms with Gasteiger partial charge in [0.25, 0.3) is 0 Å². The van der Waals surface area contributed by atoms with Crippen LogP contribution in [0.2, 0.25) is 0 Å². The summed E-state index contributed by atoms with van der Waals surface area (Å²) in [5, 5.41) is 11.0. The van der Waals surface area contributed by atoms with E-state index in [4.69, 9.17) is 5.73 Å². The lowest BCUT2D eigenvalue weighted by Gasteiger charge is -2.04. The molecule has 0 aromatic carbocycles. The molecule has 2 rings (SSSR count). The molecule has 0 spiro atoms. The van der Waals surface area contributed by atoms with Gasteiger partial charge in [-0.15, -0.1) is 0 Å². The number of fused-ring (bicyclic) bond motifs is 1. The number of nitrogens with two attached hydrogens (primary N) is 1. The first-order chi connectivity index (χ1) is 7.92. The van der Waals surface area contributed by atoms with Crippen LogP contribution in [0.15, 0.2) is 0 Å². The minimum atomic E-state index is 0.756. The van der Waals surface area contributed by atoms with Crippen LogP contribution >= 0.6 is 0 Å². The lowest BCUT2D eigenvalue weighted by Crippen LogP contribution is -2.18. The number of nitrogens with one attached hydrogen (secondary N) is 2. The summed E-state index contributed by atoms with van der Waals surface area (Å²) in [6.07, 6.45) is 7.36. The van der Waals surface area contributed by atoms with Crippen LogP contribution in [0.4, 0.5) is 0 Å². The maximum atomic E-state index is 5.46. The average molecular weight is 222 g/mol. The van der Waals surface area contributed by atoms with Gasteiger partial charge in [0.1, 0.15) is 0 Å². The van der Waals surface area contributed by atoms with Gasteiger partial charge < -0.3 is 11.1 Å². The molecule has 0 fully saturated rings. The second-order valence-electron chi connectivity index (χ2n) is 4.51. The van der Waals surface area contributed by atoms with Crippen molar-refractivity contribution in [3.63, 3.8) is 0 Å². The van der Waals surface area contributed by atoms with E-state index >= 15 is 0 Å². The molecule has 0 bridgehead atoms. The zero-order valence-corrected chi connectivity index (χ0v) is 9.89. The van der Waals surface area contributed by atoms with E-state index in [2.05, 4.69) is 15.5 Å². The van der Waals surface area contributed by atoms with Crippen LogP contribution < -0.4 is 11.1 Å². The third-order valence-electron chi connectivity index (χ3n) is 3.24. The molecule has 4 N–H and O–H groups in total. The zero-order valence-electron chi connectivity index (χ0n) is 9.89. The second kappa shape index (κ2) is 6.01. The predicted molar refractivity (Wildman–Crippen MR) is 65.2 cm³/mol. The molecule has 0 amide bonds. The Morgan fingerprint density at radius 2 is 2.12 bits per heavy atom. The van der Waals surface area contributed by atoms with Gasteiger partial charge in [0.2, 0.25) is 0 Å². The molecule has 0 saturated carbocycles. The summed E-state index contributed by atoms with van der Waals surface area (Å²) >= 11 is 0. The minimum absolute atomic E-state index is 0.756. The molecule has 1 aromatic rings. The van der Waals surface area contributed by atoms with Crippen molar-refractivity contribution in [2.24, 2.45) is 5.73 Å². The van der Waals surface area contributed by atoms with Crippen LogP contribution in [0.3, 0.4) is 0 Å². The maximum Gasteiger partial charge on any atom is 0.0794 e. The molecule has 0 aliphatic heterocycles. The minimum Gasteiger partial charge on any atom is -0.330 e. The topological polar surface area (TPSA) is 66.7 Å². The van der Waals surface area contributed by atoms with E-state index in [1.807, 2.05) is 0 Å². The SMILES string of the molecule is NCCCNCc1n[nH]c2c1CCCCC2. The standard InChI is InChI=1S/C12H22N4/c13-7-4-8-14-9-12-10-5-2-1-3-6-11(10)15-16-12/h14H,1-9,13H2,(H,15,16). The summed E-state index contributed by atoms with van der Waals surface area (Å²) in [7, 11) is 0. The predicted octanol–water partition coefficient (Wildman–Crippen LogP) is 1.12. The highest BCUT2D eigenvalue weighted by atomic mass is 15.1. The third-order valence-corrected chi connectivity index (χ3v) is 3.24. The van der Waals surface area contributed by atoms with Crippen molar-refractivity contribution in [2.75, 3.05) is 13.1 Å². The normalized spacial score (nSPS) is 15.8. The Morgan fingerprint density at radius 3 is 3.00 bits per heavy atom. The molecular weight excluding hydrogens is 200 g/mol. The van der Waals surface area contributed by atoms with E-state index < -0.39 is 0 Å². The van der Waals surface area contributed by atoms with E-state index in [1.54, 1.807) is 0 Å². The fourth-order valence-corrected chi connectivity index (χ4v) is 2.31. The van der Waals surface area contributed by atoms with Gasteiger partial charge in [0.05, 0.1) is 5.69 Å². The molecule has 4 heteroatoms. The molecule has 1 aliphatic rings. The first-order valence-corrected chi connectivity index (χ1v) is 6.37. The first-order valence-electron chi connectivity index (χ1n) is 6.37. The number of aryl methyl sites for hydroxylation is 1. The van der Waals surface area contributed by atoms with Gasteiger partial charge in [-0.05, 0) is 50.8 Å². The highest BCUT2D eigenvalue weighted by Crippen LogP contribution is 2.21. The van der Waals surface area contributed by atoms with Crippen molar-refractivity contribution < 1.29 is 0 Å². The van der Waals surface area contributed by atoms with Crippen molar-refractivity contribution in [3.05, 3.63) is 17.0 Å². The smallest absolute Gasteiger partial charge is 0.0794 e. The quantitative estimate of drug-likeness (QED) is 0.516.